The molecule has 1 heterocycles. The van der Waals surface area contributed by atoms with E-state index in [2.05, 4.69) is 5.32 Å². The smallest absolute Gasteiger partial charge is 0.328 e. The average Bonchev–Trinajstić information content (AvgIpc) is 3.22. The molecule has 1 N–H and O–H groups in total. The first-order valence-corrected chi connectivity index (χ1v) is 9.17. The van der Waals surface area contributed by atoms with E-state index < -0.39 is 12.0 Å². The molecule has 0 saturated carbocycles. The second kappa shape index (κ2) is 8.45. The lowest BCUT2D eigenvalue weighted by Crippen LogP contribution is -2.39. The van der Waals surface area contributed by atoms with Crippen molar-refractivity contribution in [2.45, 2.75) is 19.6 Å². The SMILES string of the molecule is CC(NC(=O)c1cccs1)C(=O)OCc1ccc(-c2ccccc2)cc1. The van der Waals surface area contributed by atoms with Gasteiger partial charge in [0.15, 0.2) is 0 Å². The summed E-state index contributed by atoms with van der Waals surface area (Å²) >= 11 is 1.33. The van der Waals surface area contributed by atoms with Crippen molar-refractivity contribution in [1.29, 1.82) is 0 Å². The van der Waals surface area contributed by atoms with Crippen LogP contribution in [-0.2, 0) is 16.1 Å². The lowest BCUT2D eigenvalue weighted by atomic mass is 10.0. The number of carbonyl (C=O) groups excluding carboxylic acids is 2. The number of hydrogen-bond acceptors (Lipinski definition) is 4. The Labute approximate surface area is 156 Å². The Bertz CT molecular complexity index is 858. The van der Waals surface area contributed by atoms with Crippen molar-refractivity contribution in [3.63, 3.8) is 0 Å². The summed E-state index contributed by atoms with van der Waals surface area (Å²) in [6.07, 6.45) is 0. The van der Waals surface area contributed by atoms with Gasteiger partial charge in [-0.25, -0.2) is 4.79 Å². The van der Waals surface area contributed by atoms with Crippen molar-refractivity contribution in [3.05, 3.63) is 82.6 Å². The Morgan fingerprint density at radius 2 is 1.65 bits per heavy atom. The lowest BCUT2D eigenvalue weighted by Gasteiger charge is -2.13. The molecule has 4 nitrogen and oxygen atoms in total. The average molecular weight is 365 g/mol. The van der Waals surface area contributed by atoms with E-state index in [0.29, 0.717) is 4.88 Å². The highest BCUT2D eigenvalue weighted by Crippen LogP contribution is 2.19. The molecule has 26 heavy (non-hydrogen) atoms. The van der Waals surface area contributed by atoms with Crippen molar-refractivity contribution in [2.24, 2.45) is 0 Å². The van der Waals surface area contributed by atoms with Crippen molar-refractivity contribution in [1.82, 2.24) is 5.32 Å². The van der Waals surface area contributed by atoms with Gasteiger partial charge in [0.1, 0.15) is 12.6 Å². The number of ether oxygens (including phenoxy) is 1. The van der Waals surface area contributed by atoms with Crippen LogP contribution < -0.4 is 5.32 Å². The third kappa shape index (κ3) is 4.58. The fourth-order valence-corrected chi connectivity index (χ4v) is 3.06. The van der Waals surface area contributed by atoms with E-state index in [9.17, 15) is 9.59 Å². The molecule has 1 unspecified atom stereocenters. The molecular weight excluding hydrogens is 346 g/mol. The molecular formula is C21H19NO3S. The highest BCUT2D eigenvalue weighted by molar-refractivity contribution is 7.12. The standard InChI is InChI=1S/C21H19NO3S/c1-15(22-20(23)19-8-5-13-26-19)21(24)25-14-16-9-11-18(12-10-16)17-6-3-2-4-7-17/h2-13,15H,14H2,1H3,(H,22,23). The van der Waals surface area contributed by atoms with Crippen LogP contribution in [0, 0.1) is 0 Å². The van der Waals surface area contributed by atoms with E-state index >= 15 is 0 Å². The predicted molar refractivity (Wildman–Crippen MR) is 103 cm³/mol. The van der Waals surface area contributed by atoms with Crippen LogP contribution in [0.1, 0.15) is 22.2 Å². The molecule has 0 radical (unpaired) electrons. The quantitative estimate of drug-likeness (QED) is 0.664. The van der Waals surface area contributed by atoms with Crippen molar-refractivity contribution < 1.29 is 14.3 Å². The molecule has 1 amide bonds. The van der Waals surface area contributed by atoms with Gasteiger partial charge in [-0.05, 0) is 35.1 Å². The molecule has 5 heteroatoms. The number of nitrogens with one attached hydrogen (secondary N) is 1. The number of thiophene rings is 1. The number of hydrogen-bond donors (Lipinski definition) is 1. The van der Waals surface area contributed by atoms with Crippen LogP contribution in [0.2, 0.25) is 0 Å². The van der Waals surface area contributed by atoms with Gasteiger partial charge in [-0.2, -0.15) is 0 Å². The highest BCUT2D eigenvalue weighted by Gasteiger charge is 2.18. The van der Waals surface area contributed by atoms with Crippen LogP contribution in [0.15, 0.2) is 72.1 Å². The molecule has 1 aromatic heterocycles. The van der Waals surface area contributed by atoms with E-state index in [1.54, 1.807) is 19.1 Å². The molecule has 0 bridgehead atoms. The van der Waals surface area contributed by atoms with Crippen LogP contribution in [0.4, 0.5) is 0 Å². The molecule has 0 aliphatic carbocycles. The van der Waals surface area contributed by atoms with Crippen LogP contribution >= 0.6 is 11.3 Å². The highest BCUT2D eigenvalue weighted by atomic mass is 32.1. The molecule has 0 aliphatic rings. The van der Waals surface area contributed by atoms with Gasteiger partial charge in [-0.3, -0.25) is 4.79 Å². The van der Waals surface area contributed by atoms with Gasteiger partial charge in [-0.15, -0.1) is 11.3 Å². The first-order chi connectivity index (χ1) is 12.6. The third-order valence-corrected chi connectivity index (χ3v) is 4.76. The van der Waals surface area contributed by atoms with Crippen LogP contribution in [0.3, 0.4) is 0 Å². The fourth-order valence-electron chi connectivity index (χ4n) is 2.44. The Morgan fingerprint density at radius 3 is 2.31 bits per heavy atom. The molecule has 0 spiro atoms. The molecule has 3 aromatic rings. The van der Waals surface area contributed by atoms with E-state index in [-0.39, 0.29) is 12.5 Å². The summed E-state index contributed by atoms with van der Waals surface area (Å²) in [6, 6.07) is 20.8. The number of benzene rings is 2. The minimum absolute atomic E-state index is 0.174. The summed E-state index contributed by atoms with van der Waals surface area (Å²) in [5.74, 6) is -0.723. The van der Waals surface area contributed by atoms with Crippen LogP contribution in [-0.4, -0.2) is 17.9 Å². The molecule has 132 valence electrons. The minimum atomic E-state index is -0.701. The van der Waals surface area contributed by atoms with Gasteiger partial charge in [0.25, 0.3) is 5.91 Å². The topological polar surface area (TPSA) is 55.4 Å². The molecule has 0 aliphatic heterocycles. The zero-order valence-electron chi connectivity index (χ0n) is 14.3. The second-order valence-electron chi connectivity index (χ2n) is 5.84. The van der Waals surface area contributed by atoms with Crippen molar-refractivity contribution in [3.8, 4) is 11.1 Å². The summed E-state index contributed by atoms with van der Waals surface area (Å²) in [4.78, 5) is 24.6. The number of carbonyl (C=O) groups is 2. The summed E-state index contributed by atoms with van der Waals surface area (Å²) in [5.41, 5.74) is 3.15. The first kappa shape index (κ1) is 17.9. The Kier molecular flexibility index (Phi) is 5.81. The summed E-state index contributed by atoms with van der Waals surface area (Å²) in [6.45, 7) is 1.79. The monoisotopic (exact) mass is 365 g/mol. The number of amides is 1. The van der Waals surface area contributed by atoms with Crippen LogP contribution in [0.5, 0.6) is 0 Å². The van der Waals surface area contributed by atoms with E-state index in [1.807, 2.05) is 60.0 Å². The van der Waals surface area contributed by atoms with Gasteiger partial charge >= 0.3 is 5.97 Å². The lowest BCUT2D eigenvalue weighted by molar-refractivity contribution is -0.146. The maximum Gasteiger partial charge on any atom is 0.328 e. The van der Waals surface area contributed by atoms with Gasteiger partial charge in [0.05, 0.1) is 4.88 Å². The molecule has 3 rings (SSSR count). The zero-order valence-corrected chi connectivity index (χ0v) is 15.2. The number of esters is 1. The maximum atomic E-state index is 12.1. The van der Waals surface area contributed by atoms with Crippen molar-refractivity contribution >= 4 is 23.2 Å². The zero-order chi connectivity index (χ0) is 18.4. The second-order valence-corrected chi connectivity index (χ2v) is 6.79. The molecule has 2 aromatic carbocycles. The molecule has 0 fully saturated rings. The van der Waals surface area contributed by atoms with Gasteiger partial charge in [0, 0.05) is 0 Å². The Morgan fingerprint density at radius 1 is 0.962 bits per heavy atom. The predicted octanol–water partition coefficient (Wildman–Crippen LogP) is 4.28. The van der Waals surface area contributed by atoms with Gasteiger partial charge in [-0.1, -0.05) is 60.7 Å². The third-order valence-electron chi connectivity index (χ3n) is 3.89. The van der Waals surface area contributed by atoms with Crippen LogP contribution in [0.25, 0.3) is 11.1 Å². The van der Waals surface area contributed by atoms with Crippen molar-refractivity contribution in [2.75, 3.05) is 0 Å². The Balaban J connectivity index is 1.51. The largest absolute Gasteiger partial charge is 0.459 e. The first-order valence-electron chi connectivity index (χ1n) is 8.29. The van der Waals surface area contributed by atoms with Gasteiger partial charge in [0.2, 0.25) is 0 Å². The van der Waals surface area contributed by atoms with Gasteiger partial charge < -0.3 is 10.1 Å². The summed E-state index contributed by atoms with van der Waals surface area (Å²) in [5, 5.41) is 4.46. The Hall–Kier alpha value is -2.92. The van der Waals surface area contributed by atoms with E-state index in [4.69, 9.17) is 4.74 Å². The molecule has 1 atom stereocenters. The minimum Gasteiger partial charge on any atom is -0.459 e. The number of rotatable bonds is 6. The molecule has 0 saturated heterocycles. The fraction of sp³-hybridized carbons (Fsp3) is 0.143. The van der Waals surface area contributed by atoms with E-state index in [1.165, 1.54) is 11.3 Å². The summed E-state index contributed by atoms with van der Waals surface area (Å²) in [7, 11) is 0. The van der Waals surface area contributed by atoms with E-state index in [0.717, 1.165) is 16.7 Å². The summed E-state index contributed by atoms with van der Waals surface area (Å²) < 4.78 is 5.30. The normalized spacial score (nSPS) is 11.6. The maximum absolute atomic E-state index is 12.1.